The molecule has 0 unspecified atom stereocenters. The molecule has 3 rings (SSSR count). The van der Waals surface area contributed by atoms with E-state index in [9.17, 15) is 9.59 Å². The number of hydrogen-bond donors (Lipinski definition) is 1. The molecule has 0 radical (unpaired) electrons. The number of aromatic amines is 1. The van der Waals surface area contributed by atoms with Crippen LogP contribution in [0, 0.1) is 0 Å². The molecule has 0 aliphatic heterocycles. The van der Waals surface area contributed by atoms with Crippen molar-refractivity contribution in [1.29, 1.82) is 0 Å². The van der Waals surface area contributed by atoms with Gasteiger partial charge in [0.25, 0.3) is 5.91 Å². The van der Waals surface area contributed by atoms with Crippen LogP contribution < -0.4 is 15.9 Å². The molecule has 3 aromatic rings. The van der Waals surface area contributed by atoms with E-state index >= 15 is 0 Å². The molecule has 1 aromatic carbocycles. The molecule has 0 atom stereocenters. The second kappa shape index (κ2) is 5.58. The quantitative estimate of drug-likeness (QED) is 0.740. The van der Waals surface area contributed by atoms with Gasteiger partial charge in [0.15, 0.2) is 11.9 Å². The summed E-state index contributed by atoms with van der Waals surface area (Å²) in [7, 11) is 0. The fourth-order valence-corrected chi connectivity index (χ4v) is 2.03. The number of carbonyl (C=O) groups excluding carboxylic acids is 1. The molecule has 2 aromatic heterocycles. The molecule has 0 saturated carbocycles. The molecule has 2 heterocycles. The summed E-state index contributed by atoms with van der Waals surface area (Å²) in [5, 5.41) is 3.41. The molecule has 0 aliphatic carbocycles. The van der Waals surface area contributed by atoms with E-state index in [1.807, 2.05) is 24.3 Å². The Morgan fingerprint density at radius 1 is 1.14 bits per heavy atom. The maximum absolute atomic E-state index is 12.1. The smallest absolute Gasteiger partial charge is 0.349 e. The first-order valence-electron chi connectivity index (χ1n) is 6.51. The molecule has 0 spiro atoms. The molecule has 0 bridgehead atoms. The molecular formula is C16H13N2O3+. The molecule has 104 valence electrons. The minimum absolute atomic E-state index is 0.00429. The highest BCUT2D eigenvalue weighted by molar-refractivity contribution is 5.96. The highest BCUT2D eigenvalue weighted by Gasteiger charge is 2.14. The molecule has 2 N–H and O–H groups in total. The van der Waals surface area contributed by atoms with Crippen molar-refractivity contribution in [2.45, 2.75) is 6.54 Å². The lowest BCUT2D eigenvalue weighted by Crippen LogP contribution is -2.30. The van der Waals surface area contributed by atoms with Gasteiger partial charge in [-0.1, -0.05) is 24.3 Å². The zero-order valence-corrected chi connectivity index (χ0v) is 11.1. The Balaban J connectivity index is 1.84. The van der Waals surface area contributed by atoms with Crippen LogP contribution in [0.3, 0.4) is 0 Å². The Bertz CT molecular complexity index is 841. The van der Waals surface area contributed by atoms with E-state index in [-0.39, 0.29) is 5.56 Å². The lowest BCUT2D eigenvalue weighted by Gasteiger charge is -2.03. The minimum Gasteiger partial charge on any atom is -0.422 e. The Kier molecular flexibility index (Phi) is 3.47. The van der Waals surface area contributed by atoms with Crippen LogP contribution in [0.15, 0.2) is 63.9 Å². The van der Waals surface area contributed by atoms with Crippen molar-refractivity contribution in [1.82, 2.24) is 5.32 Å². The number of H-pyrrole nitrogens is 1. The van der Waals surface area contributed by atoms with E-state index < -0.39 is 11.5 Å². The Morgan fingerprint density at radius 3 is 2.76 bits per heavy atom. The third-order valence-electron chi connectivity index (χ3n) is 3.10. The third-order valence-corrected chi connectivity index (χ3v) is 3.10. The van der Waals surface area contributed by atoms with Crippen LogP contribution in [0.4, 0.5) is 0 Å². The van der Waals surface area contributed by atoms with E-state index in [0.717, 1.165) is 5.69 Å². The monoisotopic (exact) mass is 281 g/mol. The zero-order chi connectivity index (χ0) is 14.7. The first-order chi connectivity index (χ1) is 10.2. The Hall–Kier alpha value is -2.95. The fraction of sp³-hybridized carbons (Fsp3) is 0.0625. The largest absolute Gasteiger partial charge is 0.422 e. The summed E-state index contributed by atoms with van der Waals surface area (Å²) >= 11 is 0. The first kappa shape index (κ1) is 13.1. The van der Waals surface area contributed by atoms with E-state index in [1.165, 1.54) is 0 Å². The van der Waals surface area contributed by atoms with E-state index in [4.69, 9.17) is 4.42 Å². The maximum Gasteiger partial charge on any atom is 0.349 e. The highest BCUT2D eigenvalue weighted by Crippen LogP contribution is 2.12. The van der Waals surface area contributed by atoms with Crippen LogP contribution in [-0.4, -0.2) is 5.91 Å². The number of carbonyl (C=O) groups is 1. The number of hydrogen-bond acceptors (Lipinski definition) is 3. The van der Waals surface area contributed by atoms with Gasteiger partial charge in [-0.05, 0) is 12.1 Å². The minimum atomic E-state index is -0.636. The van der Waals surface area contributed by atoms with Crippen LogP contribution in [0.25, 0.3) is 11.0 Å². The Labute approximate surface area is 120 Å². The van der Waals surface area contributed by atoms with Crippen molar-refractivity contribution in [3.63, 3.8) is 0 Å². The van der Waals surface area contributed by atoms with Crippen molar-refractivity contribution < 1.29 is 14.2 Å². The average molecular weight is 281 g/mol. The molecule has 0 saturated heterocycles. The first-order valence-corrected chi connectivity index (χ1v) is 6.51. The number of amides is 1. The summed E-state index contributed by atoms with van der Waals surface area (Å²) in [5.74, 6) is -0.452. The van der Waals surface area contributed by atoms with Crippen molar-refractivity contribution in [2.24, 2.45) is 0 Å². The number of benzene rings is 1. The van der Waals surface area contributed by atoms with Gasteiger partial charge in [0.05, 0.1) is 0 Å². The van der Waals surface area contributed by atoms with Crippen molar-refractivity contribution in [3.8, 4) is 0 Å². The molecular weight excluding hydrogens is 268 g/mol. The molecule has 0 aliphatic rings. The third kappa shape index (κ3) is 2.81. The van der Waals surface area contributed by atoms with Crippen LogP contribution in [0.5, 0.6) is 0 Å². The summed E-state index contributed by atoms with van der Waals surface area (Å²) in [6.07, 6.45) is 1.77. The highest BCUT2D eigenvalue weighted by atomic mass is 16.4. The Morgan fingerprint density at radius 2 is 1.95 bits per heavy atom. The molecule has 5 nitrogen and oxygen atoms in total. The normalized spacial score (nSPS) is 10.5. The summed E-state index contributed by atoms with van der Waals surface area (Å²) in [6.45, 7) is 0.311. The average Bonchev–Trinajstić information content (AvgIpc) is 2.53. The van der Waals surface area contributed by atoms with Gasteiger partial charge < -0.3 is 9.73 Å². The molecule has 0 fully saturated rings. The van der Waals surface area contributed by atoms with Crippen molar-refractivity contribution >= 4 is 16.9 Å². The van der Waals surface area contributed by atoms with Gasteiger partial charge >= 0.3 is 5.63 Å². The van der Waals surface area contributed by atoms with Gasteiger partial charge in [-0.3, -0.25) is 4.79 Å². The van der Waals surface area contributed by atoms with Crippen LogP contribution >= 0.6 is 0 Å². The molecule has 21 heavy (non-hydrogen) atoms. The number of nitrogens with one attached hydrogen (secondary N) is 2. The number of aromatic nitrogens is 1. The van der Waals surface area contributed by atoms with Gasteiger partial charge in [-0.2, -0.15) is 0 Å². The predicted octanol–water partition coefficient (Wildman–Crippen LogP) is 1.54. The maximum atomic E-state index is 12.1. The number of rotatable bonds is 3. The fourth-order valence-electron chi connectivity index (χ4n) is 2.03. The van der Waals surface area contributed by atoms with Gasteiger partial charge in [0.2, 0.25) is 0 Å². The number of pyridine rings is 1. The van der Waals surface area contributed by atoms with E-state index in [0.29, 0.717) is 17.5 Å². The molecule has 1 amide bonds. The lowest BCUT2D eigenvalue weighted by atomic mass is 10.2. The number of fused-ring (bicyclic) bond motifs is 1. The van der Waals surface area contributed by atoms with Crippen molar-refractivity contribution in [2.75, 3.05) is 0 Å². The van der Waals surface area contributed by atoms with Crippen LogP contribution in [0.1, 0.15) is 16.1 Å². The van der Waals surface area contributed by atoms with Crippen LogP contribution in [-0.2, 0) is 6.54 Å². The SMILES string of the molecule is O=C(NCc1cccc[nH+]1)c1cc2ccccc2oc1=O. The zero-order valence-electron chi connectivity index (χ0n) is 11.1. The van der Waals surface area contributed by atoms with Gasteiger partial charge in [0.1, 0.15) is 17.7 Å². The summed E-state index contributed by atoms with van der Waals surface area (Å²) < 4.78 is 5.14. The lowest BCUT2D eigenvalue weighted by molar-refractivity contribution is -0.390. The standard InChI is InChI=1S/C16H12N2O3/c19-15(18-10-12-6-3-4-8-17-12)13-9-11-5-1-2-7-14(11)21-16(13)20/h1-9H,10H2,(H,18,19)/p+1. The molecule has 5 heteroatoms. The van der Waals surface area contributed by atoms with Gasteiger partial charge in [-0.25, -0.2) is 9.78 Å². The van der Waals surface area contributed by atoms with Gasteiger partial charge in [0, 0.05) is 17.5 Å². The van der Waals surface area contributed by atoms with E-state index in [2.05, 4.69) is 10.3 Å². The summed E-state index contributed by atoms with van der Waals surface area (Å²) in [5.41, 5.74) is 0.680. The number of para-hydroxylation sites is 1. The van der Waals surface area contributed by atoms with Crippen LogP contribution in [0.2, 0.25) is 0 Å². The van der Waals surface area contributed by atoms with Gasteiger partial charge in [-0.15, -0.1) is 0 Å². The summed E-state index contributed by atoms with van der Waals surface area (Å²) in [6, 6.07) is 14.2. The second-order valence-corrected chi connectivity index (χ2v) is 4.56. The second-order valence-electron chi connectivity index (χ2n) is 4.56. The van der Waals surface area contributed by atoms with Crippen molar-refractivity contribution in [3.05, 3.63) is 76.4 Å². The predicted molar refractivity (Wildman–Crippen MR) is 76.7 cm³/mol. The summed E-state index contributed by atoms with van der Waals surface area (Å²) in [4.78, 5) is 27.0. The topological polar surface area (TPSA) is 73.5 Å². The van der Waals surface area contributed by atoms with E-state index in [1.54, 1.807) is 30.5 Å².